The van der Waals surface area contributed by atoms with Gasteiger partial charge in [-0.2, -0.15) is 0 Å². The highest BCUT2D eigenvalue weighted by atomic mass is 32.2. The topological polar surface area (TPSA) is 66.4 Å². The average molecular weight is 271 g/mol. The first-order chi connectivity index (χ1) is 8.35. The molecule has 0 spiro atoms. The molecule has 0 aliphatic rings. The van der Waals surface area contributed by atoms with Crippen LogP contribution in [0.4, 0.5) is 0 Å². The van der Waals surface area contributed by atoms with Crippen molar-refractivity contribution in [2.45, 2.75) is 33.3 Å². The van der Waals surface area contributed by atoms with Crippen LogP contribution < -0.4 is 4.72 Å². The largest absolute Gasteiger partial charge is 0.387 e. The van der Waals surface area contributed by atoms with Gasteiger partial charge in [-0.1, -0.05) is 25.1 Å². The maximum atomic E-state index is 11.5. The minimum atomic E-state index is -3.26. The van der Waals surface area contributed by atoms with E-state index in [0.717, 1.165) is 16.7 Å². The maximum Gasteiger partial charge on any atom is 0.211 e. The molecular formula is C13H21NO3S. The van der Waals surface area contributed by atoms with Crippen LogP contribution in [-0.4, -0.2) is 25.8 Å². The van der Waals surface area contributed by atoms with Crippen molar-refractivity contribution in [3.05, 3.63) is 34.9 Å². The van der Waals surface area contributed by atoms with Crippen molar-refractivity contribution in [3.8, 4) is 0 Å². The molecule has 0 aliphatic heterocycles. The second-order valence-electron chi connectivity index (χ2n) is 4.53. The average Bonchev–Trinajstić information content (AvgIpc) is 2.30. The lowest BCUT2D eigenvalue weighted by Crippen LogP contribution is -2.30. The normalized spacial score (nSPS) is 13.6. The Morgan fingerprint density at radius 3 is 2.50 bits per heavy atom. The fourth-order valence-electron chi connectivity index (χ4n) is 1.64. The molecule has 102 valence electrons. The van der Waals surface area contributed by atoms with Gasteiger partial charge in [0, 0.05) is 6.54 Å². The molecule has 18 heavy (non-hydrogen) atoms. The van der Waals surface area contributed by atoms with Gasteiger partial charge in [0.1, 0.15) is 0 Å². The number of aryl methyl sites for hydroxylation is 2. The van der Waals surface area contributed by atoms with Gasteiger partial charge in [-0.05, 0) is 37.0 Å². The van der Waals surface area contributed by atoms with Crippen LogP contribution in [0, 0.1) is 13.8 Å². The molecule has 0 saturated heterocycles. The summed E-state index contributed by atoms with van der Waals surface area (Å²) in [5.74, 6) is 0.0899. The summed E-state index contributed by atoms with van der Waals surface area (Å²) in [6.07, 6.45) is -0.245. The Morgan fingerprint density at radius 1 is 1.28 bits per heavy atom. The van der Waals surface area contributed by atoms with Crippen molar-refractivity contribution in [3.63, 3.8) is 0 Å². The third-order valence-electron chi connectivity index (χ3n) is 2.89. The summed E-state index contributed by atoms with van der Waals surface area (Å²) in [5, 5.41) is 9.94. The molecule has 0 aliphatic carbocycles. The molecule has 0 amide bonds. The van der Waals surface area contributed by atoms with Gasteiger partial charge < -0.3 is 5.11 Å². The lowest BCUT2D eigenvalue weighted by molar-refractivity contribution is 0.182. The molecule has 0 heterocycles. The van der Waals surface area contributed by atoms with E-state index in [4.69, 9.17) is 0 Å². The maximum absolute atomic E-state index is 11.5. The molecule has 1 rings (SSSR count). The van der Waals surface area contributed by atoms with Gasteiger partial charge in [-0.25, -0.2) is 13.1 Å². The smallest absolute Gasteiger partial charge is 0.211 e. The van der Waals surface area contributed by atoms with Crippen LogP contribution in [0.3, 0.4) is 0 Å². The molecule has 5 heteroatoms. The van der Waals surface area contributed by atoms with E-state index in [0.29, 0.717) is 6.42 Å². The zero-order chi connectivity index (χ0) is 13.8. The Labute approximate surface area is 109 Å². The Morgan fingerprint density at radius 2 is 1.94 bits per heavy atom. The van der Waals surface area contributed by atoms with Gasteiger partial charge in [-0.15, -0.1) is 0 Å². The van der Waals surface area contributed by atoms with E-state index in [9.17, 15) is 13.5 Å². The Balaban J connectivity index is 2.65. The fraction of sp³-hybridized carbons (Fsp3) is 0.538. The molecule has 0 aromatic heterocycles. The van der Waals surface area contributed by atoms with E-state index < -0.39 is 16.1 Å². The van der Waals surface area contributed by atoms with Crippen LogP contribution in [0.2, 0.25) is 0 Å². The molecule has 1 atom stereocenters. The predicted molar refractivity (Wildman–Crippen MR) is 73.0 cm³/mol. The van der Waals surface area contributed by atoms with E-state index in [-0.39, 0.29) is 12.3 Å². The number of hydrogen-bond donors (Lipinski definition) is 2. The lowest BCUT2D eigenvalue weighted by atomic mass is 10.0. The molecule has 0 fully saturated rings. The summed E-state index contributed by atoms with van der Waals surface area (Å²) < 4.78 is 25.3. The highest BCUT2D eigenvalue weighted by molar-refractivity contribution is 7.89. The zero-order valence-corrected chi connectivity index (χ0v) is 11.9. The Kier molecular flexibility index (Phi) is 5.31. The Hall–Kier alpha value is -0.910. The van der Waals surface area contributed by atoms with Crippen molar-refractivity contribution < 1.29 is 13.5 Å². The summed E-state index contributed by atoms with van der Waals surface area (Å²) in [4.78, 5) is 0. The van der Waals surface area contributed by atoms with Crippen LogP contribution in [0.15, 0.2) is 18.2 Å². The number of sulfonamides is 1. The number of benzene rings is 1. The second kappa shape index (κ2) is 6.31. The van der Waals surface area contributed by atoms with E-state index in [1.807, 2.05) is 32.0 Å². The number of aliphatic hydroxyl groups is 1. The predicted octanol–water partition coefficient (Wildman–Crippen LogP) is 1.67. The van der Waals surface area contributed by atoms with E-state index >= 15 is 0 Å². The van der Waals surface area contributed by atoms with Gasteiger partial charge >= 0.3 is 0 Å². The molecule has 0 bridgehead atoms. The van der Waals surface area contributed by atoms with Crippen LogP contribution in [0.1, 0.15) is 36.1 Å². The van der Waals surface area contributed by atoms with Crippen molar-refractivity contribution in [2.75, 3.05) is 12.3 Å². The molecular weight excluding hydrogens is 250 g/mol. The third-order valence-corrected chi connectivity index (χ3v) is 4.44. The summed E-state index contributed by atoms with van der Waals surface area (Å²) in [6, 6.07) is 5.63. The summed E-state index contributed by atoms with van der Waals surface area (Å²) >= 11 is 0. The third kappa shape index (κ3) is 4.40. The molecule has 0 saturated carbocycles. The van der Waals surface area contributed by atoms with E-state index in [1.165, 1.54) is 0 Å². The summed E-state index contributed by atoms with van der Waals surface area (Å²) in [5.41, 5.74) is 2.97. The second-order valence-corrected chi connectivity index (χ2v) is 6.45. The SMILES string of the molecule is CCCS(=O)(=O)NCC(O)c1ccc(C)c(C)c1. The molecule has 1 unspecified atom stereocenters. The van der Waals surface area contributed by atoms with Crippen molar-refractivity contribution in [1.29, 1.82) is 0 Å². The zero-order valence-electron chi connectivity index (χ0n) is 11.1. The monoisotopic (exact) mass is 271 g/mol. The molecule has 1 aromatic rings. The summed E-state index contributed by atoms with van der Waals surface area (Å²) in [7, 11) is -3.26. The van der Waals surface area contributed by atoms with Crippen molar-refractivity contribution in [1.82, 2.24) is 4.72 Å². The fourth-order valence-corrected chi connectivity index (χ4v) is 2.73. The van der Waals surface area contributed by atoms with Gasteiger partial charge in [0.25, 0.3) is 0 Å². The standard InChI is InChI=1S/C13H21NO3S/c1-4-7-18(16,17)14-9-13(15)12-6-5-10(2)11(3)8-12/h5-6,8,13-15H,4,7,9H2,1-3H3. The van der Waals surface area contributed by atoms with E-state index in [2.05, 4.69) is 4.72 Å². The van der Waals surface area contributed by atoms with Crippen molar-refractivity contribution >= 4 is 10.0 Å². The first kappa shape index (κ1) is 15.1. The van der Waals surface area contributed by atoms with Crippen LogP contribution >= 0.6 is 0 Å². The van der Waals surface area contributed by atoms with Crippen LogP contribution in [0.5, 0.6) is 0 Å². The molecule has 4 nitrogen and oxygen atoms in total. The number of aliphatic hydroxyl groups excluding tert-OH is 1. The van der Waals surface area contributed by atoms with Crippen LogP contribution in [-0.2, 0) is 10.0 Å². The number of nitrogens with one attached hydrogen (secondary N) is 1. The highest BCUT2D eigenvalue weighted by Crippen LogP contribution is 2.16. The Bertz CT molecular complexity index is 497. The number of rotatable bonds is 6. The van der Waals surface area contributed by atoms with Crippen molar-refractivity contribution in [2.24, 2.45) is 0 Å². The molecule has 0 radical (unpaired) electrons. The van der Waals surface area contributed by atoms with Gasteiger partial charge in [-0.3, -0.25) is 0 Å². The summed E-state index contributed by atoms with van der Waals surface area (Å²) in [6.45, 7) is 5.78. The first-order valence-corrected chi connectivity index (χ1v) is 7.73. The first-order valence-electron chi connectivity index (χ1n) is 6.08. The van der Waals surface area contributed by atoms with E-state index in [1.54, 1.807) is 6.92 Å². The minimum Gasteiger partial charge on any atom is -0.387 e. The molecule has 2 N–H and O–H groups in total. The number of hydrogen-bond acceptors (Lipinski definition) is 3. The molecule has 1 aromatic carbocycles. The van der Waals surface area contributed by atoms with Gasteiger partial charge in [0.05, 0.1) is 11.9 Å². The lowest BCUT2D eigenvalue weighted by Gasteiger charge is -2.13. The highest BCUT2D eigenvalue weighted by Gasteiger charge is 2.13. The quantitative estimate of drug-likeness (QED) is 0.827. The van der Waals surface area contributed by atoms with Gasteiger partial charge in [0.2, 0.25) is 10.0 Å². The minimum absolute atomic E-state index is 0.0187. The van der Waals surface area contributed by atoms with Crippen LogP contribution in [0.25, 0.3) is 0 Å². The van der Waals surface area contributed by atoms with Gasteiger partial charge in [0.15, 0.2) is 0 Å².